The Hall–Kier alpha value is -1.31. The summed E-state index contributed by atoms with van der Waals surface area (Å²) in [5.41, 5.74) is 0.520. The molecule has 0 aromatic heterocycles. The highest BCUT2D eigenvalue weighted by molar-refractivity contribution is 7.89. The molecule has 0 bridgehead atoms. The molecule has 1 N–H and O–H groups in total. The normalized spacial score (nSPS) is 18.3. The lowest BCUT2D eigenvalue weighted by Gasteiger charge is -2.31. The lowest BCUT2D eigenvalue weighted by Crippen LogP contribution is -2.43. The van der Waals surface area contributed by atoms with Crippen molar-refractivity contribution in [1.29, 1.82) is 0 Å². The van der Waals surface area contributed by atoms with E-state index in [1.807, 2.05) is 0 Å². The van der Waals surface area contributed by atoms with Crippen LogP contribution in [0.25, 0.3) is 0 Å². The van der Waals surface area contributed by atoms with E-state index in [0.717, 1.165) is 0 Å². The van der Waals surface area contributed by atoms with E-state index in [0.29, 0.717) is 40.1 Å². The van der Waals surface area contributed by atoms with Gasteiger partial charge in [-0.3, -0.25) is 4.79 Å². The average molecular weight is 448 g/mol. The molecule has 0 unspecified atom stereocenters. The van der Waals surface area contributed by atoms with Crippen LogP contribution in [0.15, 0.2) is 47.4 Å². The molecule has 2 aromatic carbocycles. The molecule has 1 saturated heterocycles. The maximum absolute atomic E-state index is 12.8. The first kappa shape index (κ1) is 20.4. The lowest BCUT2D eigenvalue weighted by atomic mass is 9.99. The van der Waals surface area contributed by atoms with Crippen LogP contribution in [0.4, 0.5) is 5.69 Å². The van der Waals surface area contributed by atoms with Crippen molar-refractivity contribution in [2.24, 2.45) is 5.92 Å². The van der Waals surface area contributed by atoms with Crippen molar-refractivity contribution in [2.75, 3.05) is 18.4 Å². The fraction of sp³-hybridized carbons (Fsp3) is 0.278. The lowest BCUT2D eigenvalue weighted by molar-refractivity contribution is -0.120. The Balaban J connectivity index is 1.72. The molecule has 0 aliphatic carbocycles. The second kappa shape index (κ2) is 8.37. The summed E-state index contributed by atoms with van der Waals surface area (Å²) in [4.78, 5) is 12.8. The summed E-state index contributed by atoms with van der Waals surface area (Å²) in [6.45, 7) is 0.500. The molecule has 0 radical (unpaired) electrons. The number of halogens is 3. The van der Waals surface area contributed by atoms with Crippen LogP contribution >= 0.6 is 34.8 Å². The molecule has 3 rings (SSSR count). The van der Waals surface area contributed by atoms with Crippen molar-refractivity contribution in [3.63, 3.8) is 0 Å². The minimum Gasteiger partial charge on any atom is -0.326 e. The number of sulfonamides is 1. The highest BCUT2D eigenvalue weighted by Crippen LogP contribution is 2.28. The van der Waals surface area contributed by atoms with Crippen LogP contribution in [0.1, 0.15) is 12.8 Å². The molecule has 27 heavy (non-hydrogen) atoms. The molecule has 1 aliphatic rings. The fourth-order valence-electron chi connectivity index (χ4n) is 2.95. The van der Waals surface area contributed by atoms with Crippen molar-refractivity contribution in [2.45, 2.75) is 17.7 Å². The first-order chi connectivity index (χ1) is 12.8. The smallest absolute Gasteiger partial charge is 0.243 e. The molecule has 144 valence electrons. The Morgan fingerprint density at radius 1 is 1.04 bits per heavy atom. The number of nitrogens with one attached hydrogen (secondary N) is 1. The Bertz CT molecular complexity index is 949. The fourth-order valence-corrected chi connectivity index (χ4v) is 4.90. The van der Waals surface area contributed by atoms with Gasteiger partial charge in [-0.25, -0.2) is 8.42 Å². The number of nitrogens with zero attached hydrogens (tertiary/aromatic N) is 1. The Kier molecular flexibility index (Phi) is 6.33. The van der Waals surface area contributed by atoms with Gasteiger partial charge in [0.25, 0.3) is 0 Å². The van der Waals surface area contributed by atoms with Crippen LogP contribution in [0, 0.1) is 5.92 Å². The maximum Gasteiger partial charge on any atom is 0.243 e. The van der Waals surface area contributed by atoms with E-state index in [2.05, 4.69) is 5.32 Å². The van der Waals surface area contributed by atoms with Crippen molar-refractivity contribution in [1.82, 2.24) is 4.31 Å². The van der Waals surface area contributed by atoms with Gasteiger partial charge >= 0.3 is 0 Å². The summed E-state index contributed by atoms with van der Waals surface area (Å²) in [5, 5.41) is 3.98. The third-order valence-electron chi connectivity index (χ3n) is 4.39. The zero-order valence-electron chi connectivity index (χ0n) is 14.2. The molecule has 0 saturated carbocycles. The highest BCUT2D eigenvalue weighted by atomic mass is 35.5. The number of hydrogen-bond donors (Lipinski definition) is 1. The summed E-state index contributed by atoms with van der Waals surface area (Å²) in [6.07, 6.45) is 1.21. The third kappa shape index (κ3) is 4.76. The van der Waals surface area contributed by atoms with Gasteiger partial charge in [0, 0.05) is 23.8 Å². The second-order valence-corrected chi connectivity index (χ2v) is 9.46. The highest BCUT2D eigenvalue weighted by Gasteiger charge is 2.33. The van der Waals surface area contributed by atoms with Crippen molar-refractivity contribution in [3.8, 4) is 0 Å². The number of piperidine rings is 1. The van der Waals surface area contributed by atoms with E-state index < -0.39 is 15.9 Å². The van der Waals surface area contributed by atoms with E-state index in [1.165, 1.54) is 28.6 Å². The Morgan fingerprint density at radius 2 is 1.74 bits per heavy atom. The number of hydrogen-bond acceptors (Lipinski definition) is 3. The van der Waals surface area contributed by atoms with Gasteiger partial charge in [-0.15, -0.1) is 0 Å². The van der Waals surface area contributed by atoms with Gasteiger partial charge < -0.3 is 5.32 Å². The summed E-state index contributed by atoms with van der Waals surface area (Å²) < 4.78 is 27.0. The average Bonchev–Trinajstić information content (AvgIpc) is 2.65. The quantitative estimate of drug-likeness (QED) is 0.739. The Morgan fingerprint density at radius 3 is 2.41 bits per heavy atom. The van der Waals surface area contributed by atoms with Crippen LogP contribution < -0.4 is 5.32 Å². The summed E-state index contributed by atoms with van der Waals surface area (Å²) in [6, 6.07) is 10.8. The molecule has 1 atom stereocenters. The molecule has 1 amide bonds. The molecule has 2 aromatic rings. The number of rotatable bonds is 4. The molecular formula is C18H17Cl3N2O3S. The molecule has 1 aliphatic heterocycles. The number of carbonyl (C=O) groups is 1. The van der Waals surface area contributed by atoms with Crippen molar-refractivity contribution < 1.29 is 13.2 Å². The standard InChI is InChI=1S/C18H17Cl3N2O3S/c19-13-3-6-15(7-4-13)27(25,26)23-9-1-2-12(11-23)18(24)22-14-5-8-16(20)17(21)10-14/h3-8,10,12H,1-2,9,11H2,(H,22,24)/t12-/m0/s1. The predicted octanol–water partition coefficient (Wildman–Crippen LogP) is 4.69. The number of anilines is 1. The van der Waals surface area contributed by atoms with E-state index in [-0.39, 0.29) is 17.3 Å². The number of carbonyl (C=O) groups excluding carboxylic acids is 1. The predicted molar refractivity (Wildman–Crippen MR) is 108 cm³/mol. The van der Waals surface area contributed by atoms with Gasteiger partial charge in [0.15, 0.2) is 0 Å². The summed E-state index contributed by atoms with van der Waals surface area (Å²) >= 11 is 17.7. The first-order valence-electron chi connectivity index (χ1n) is 8.29. The van der Waals surface area contributed by atoms with Crippen LogP contribution in [0.5, 0.6) is 0 Å². The maximum atomic E-state index is 12.8. The SMILES string of the molecule is O=C(Nc1ccc(Cl)c(Cl)c1)[C@H]1CCCN(S(=O)(=O)c2ccc(Cl)cc2)C1. The van der Waals surface area contributed by atoms with Gasteiger partial charge in [0.05, 0.1) is 20.9 Å². The zero-order valence-corrected chi connectivity index (χ0v) is 17.2. The number of amides is 1. The van der Waals surface area contributed by atoms with Crippen molar-refractivity contribution >= 4 is 56.4 Å². The van der Waals surface area contributed by atoms with Gasteiger partial charge in [-0.05, 0) is 55.3 Å². The second-order valence-electron chi connectivity index (χ2n) is 6.27. The largest absolute Gasteiger partial charge is 0.326 e. The molecule has 1 heterocycles. The topological polar surface area (TPSA) is 66.5 Å². The zero-order chi connectivity index (χ0) is 19.6. The van der Waals surface area contributed by atoms with E-state index in [4.69, 9.17) is 34.8 Å². The molecular weight excluding hydrogens is 431 g/mol. The van der Waals surface area contributed by atoms with Crippen LogP contribution in [-0.4, -0.2) is 31.7 Å². The minimum absolute atomic E-state index is 0.123. The van der Waals surface area contributed by atoms with E-state index in [1.54, 1.807) is 18.2 Å². The van der Waals surface area contributed by atoms with Gasteiger partial charge in [-0.2, -0.15) is 4.31 Å². The molecule has 5 nitrogen and oxygen atoms in total. The minimum atomic E-state index is -3.67. The van der Waals surface area contributed by atoms with Crippen LogP contribution in [-0.2, 0) is 14.8 Å². The number of benzene rings is 2. The first-order valence-corrected chi connectivity index (χ1v) is 10.9. The summed E-state index contributed by atoms with van der Waals surface area (Å²) in [5.74, 6) is -0.695. The van der Waals surface area contributed by atoms with Gasteiger partial charge in [0.2, 0.25) is 15.9 Å². The van der Waals surface area contributed by atoms with Crippen molar-refractivity contribution in [3.05, 3.63) is 57.5 Å². The van der Waals surface area contributed by atoms with Crippen LogP contribution in [0.3, 0.4) is 0 Å². The molecule has 0 spiro atoms. The monoisotopic (exact) mass is 446 g/mol. The molecule has 9 heteroatoms. The van der Waals surface area contributed by atoms with Crippen LogP contribution in [0.2, 0.25) is 15.1 Å². The third-order valence-corrected chi connectivity index (χ3v) is 7.26. The van der Waals surface area contributed by atoms with Gasteiger partial charge in [0.1, 0.15) is 0 Å². The van der Waals surface area contributed by atoms with E-state index >= 15 is 0 Å². The molecule has 1 fully saturated rings. The Labute approximate surface area is 173 Å². The summed E-state index contributed by atoms with van der Waals surface area (Å²) in [7, 11) is -3.67. The van der Waals surface area contributed by atoms with E-state index in [9.17, 15) is 13.2 Å². The van der Waals surface area contributed by atoms with Gasteiger partial charge in [-0.1, -0.05) is 34.8 Å².